The van der Waals surface area contributed by atoms with Crippen molar-refractivity contribution in [2.75, 3.05) is 34.4 Å². The second-order valence-corrected chi connectivity index (χ2v) is 9.68. The smallest absolute Gasteiger partial charge is 0.161 e. The van der Waals surface area contributed by atoms with E-state index in [0.717, 1.165) is 29.4 Å². The van der Waals surface area contributed by atoms with Gasteiger partial charge < -0.3 is 19.5 Å². The molecule has 172 valence electrons. The molecule has 0 radical (unpaired) electrons. The molecule has 6 nitrogen and oxygen atoms in total. The van der Waals surface area contributed by atoms with Crippen LogP contribution >= 0.6 is 11.3 Å². The van der Waals surface area contributed by atoms with Crippen LogP contribution in [0.15, 0.2) is 23.6 Å². The van der Waals surface area contributed by atoms with E-state index >= 15 is 0 Å². The third kappa shape index (κ3) is 7.45. The van der Waals surface area contributed by atoms with Crippen LogP contribution in [0.5, 0.6) is 11.5 Å². The average Bonchev–Trinajstić information content (AvgIpc) is 3.17. The predicted molar refractivity (Wildman–Crippen MR) is 126 cm³/mol. The van der Waals surface area contributed by atoms with Crippen LogP contribution in [0.3, 0.4) is 0 Å². The summed E-state index contributed by atoms with van der Waals surface area (Å²) in [4.78, 5) is 9.06. The van der Waals surface area contributed by atoms with Crippen LogP contribution in [0, 0.1) is 6.92 Å². The molecule has 1 aromatic heterocycles. The monoisotopic (exact) mass is 447 g/mol. The number of likely N-dealkylation sites (N-methyl/N-ethyl adjacent to an activating group) is 1. The minimum atomic E-state index is -0.524. The number of thiazole rings is 1. The predicted octanol–water partition coefficient (Wildman–Crippen LogP) is 4.10. The average molecular weight is 448 g/mol. The molecule has 1 N–H and O–H groups in total. The molecule has 0 unspecified atom stereocenters. The van der Waals surface area contributed by atoms with E-state index in [2.05, 4.69) is 40.3 Å². The molecular formula is C24H37N3O3S. The fraction of sp³-hybridized carbons (Fsp3) is 0.625. The first-order chi connectivity index (χ1) is 14.9. The molecule has 0 aliphatic heterocycles. The number of aliphatic hydroxyl groups excluding tert-OH is 1. The number of methoxy groups -OCH3 is 1. The molecule has 1 atom stereocenters. The van der Waals surface area contributed by atoms with E-state index in [0.29, 0.717) is 24.1 Å². The van der Waals surface area contributed by atoms with Crippen molar-refractivity contribution in [1.82, 2.24) is 14.8 Å². The van der Waals surface area contributed by atoms with Gasteiger partial charge in [0.1, 0.15) is 17.7 Å². The van der Waals surface area contributed by atoms with Gasteiger partial charge in [-0.15, -0.1) is 11.3 Å². The summed E-state index contributed by atoms with van der Waals surface area (Å²) in [5.74, 6) is 1.37. The highest BCUT2D eigenvalue weighted by atomic mass is 32.1. The highest BCUT2D eigenvalue weighted by Gasteiger charge is 2.20. The maximum Gasteiger partial charge on any atom is 0.161 e. The molecular weight excluding hydrogens is 410 g/mol. The number of aromatic nitrogens is 1. The van der Waals surface area contributed by atoms with Crippen LogP contribution in [0.25, 0.3) is 0 Å². The molecule has 3 rings (SSSR count). The molecule has 1 aliphatic rings. The third-order valence-corrected chi connectivity index (χ3v) is 6.83. The van der Waals surface area contributed by atoms with Gasteiger partial charge >= 0.3 is 0 Å². The summed E-state index contributed by atoms with van der Waals surface area (Å²) in [6, 6.07) is 6.59. The second kappa shape index (κ2) is 11.8. The Kier molecular flexibility index (Phi) is 9.14. The highest BCUT2D eigenvalue weighted by Crippen LogP contribution is 2.29. The van der Waals surface area contributed by atoms with Crippen molar-refractivity contribution in [3.63, 3.8) is 0 Å². The van der Waals surface area contributed by atoms with Crippen LogP contribution < -0.4 is 9.47 Å². The summed E-state index contributed by atoms with van der Waals surface area (Å²) >= 11 is 1.70. The van der Waals surface area contributed by atoms with Gasteiger partial charge in [0.05, 0.1) is 13.7 Å². The Hall–Kier alpha value is -1.67. The normalized spacial score (nSPS) is 16.1. The van der Waals surface area contributed by atoms with Crippen LogP contribution in [0.2, 0.25) is 0 Å². The second-order valence-electron chi connectivity index (χ2n) is 8.74. The number of aryl methyl sites for hydroxylation is 1. The van der Waals surface area contributed by atoms with Gasteiger partial charge in [-0.1, -0.05) is 25.3 Å². The van der Waals surface area contributed by atoms with Gasteiger partial charge in [-0.05, 0) is 51.6 Å². The van der Waals surface area contributed by atoms with Crippen LogP contribution in [-0.4, -0.2) is 66.4 Å². The number of hydrogen-bond acceptors (Lipinski definition) is 7. The van der Waals surface area contributed by atoms with Crippen LogP contribution in [0.4, 0.5) is 0 Å². The van der Waals surface area contributed by atoms with Crippen molar-refractivity contribution in [2.45, 2.75) is 64.3 Å². The maximum absolute atomic E-state index is 10.5. The molecule has 1 heterocycles. The summed E-state index contributed by atoms with van der Waals surface area (Å²) in [6.07, 6.45) is 5.87. The molecule has 0 spiro atoms. The molecule has 1 aromatic carbocycles. The van der Waals surface area contributed by atoms with Crippen molar-refractivity contribution in [1.29, 1.82) is 0 Å². The van der Waals surface area contributed by atoms with Crippen molar-refractivity contribution < 1.29 is 14.6 Å². The van der Waals surface area contributed by atoms with Crippen molar-refractivity contribution in [2.24, 2.45) is 0 Å². The Bertz CT molecular complexity index is 807. The molecule has 1 aliphatic carbocycles. The van der Waals surface area contributed by atoms with Crippen LogP contribution in [-0.2, 0) is 13.1 Å². The topological polar surface area (TPSA) is 58.1 Å². The maximum atomic E-state index is 10.5. The minimum Gasteiger partial charge on any atom is -0.493 e. The molecule has 0 bridgehead atoms. The van der Waals surface area contributed by atoms with E-state index in [-0.39, 0.29) is 6.61 Å². The van der Waals surface area contributed by atoms with Crippen molar-refractivity contribution in [3.05, 3.63) is 39.8 Å². The van der Waals surface area contributed by atoms with Gasteiger partial charge in [0.15, 0.2) is 11.5 Å². The summed E-state index contributed by atoms with van der Waals surface area (Å²) in [5.41, 5.74) is 2.22. The first-order valence-corrected chi connectivity index (χ1v) is 12.1. The lowest BCUT2D eigenvalue weighted by Gasteiger charge is -2.32. The highest BCUT2D eigenvalue weighted by molar-refractivity contribution is 7.09. The first-order valence-electron chi connectivity index (χ1n) is 11.2. The van der Waals surface area contributed by atoms with E-state index in [1.54, 1.807) is 18.4 Å². The molecule has 1 fully saturated rings. The van der Waals surface area contributed by atoms with E-state index in [1.807, 2.05) is 19.1 Å². The fourth-order valence-electron chi connectivity index (χ4n) is 4.25. The van der Waals surface area contributed by atoms with Crippen molar-refractivity contribution >= 4 is 11.3 Å². The van der Waals surface area contributed by atoms with Crippen molar-refractivity contribution in [3.8, 4) is 11.5 Å². The van der Waals surface area contributed by atoms with Crippen LogP contribution in [0.1, 0.15) is 48.4 Å². The van der Waals surface area contributed by atoms with Gasteiger partial charge in [-0.2, -0.15) is 0 Å². The summed E-state index contributed by atoms with van der Waals surface area (Å²) in [7, 11) is 5.85. The quantitative estimate of drug-likeness (QED) is 0.560. The molecule has 1 saturated carbocycles. The molecule has 0 amide bonds. The molecule has 2 aromatic rings. The number of ether oxygens (including phenoxy) is 2. The minimum absolute atomic E-state index is 0.260. The number of hydrogen-bond donors (Lipinski definition) is 1. The zero-order valence-electron chi connectivity index (χ0n) is 19.3. The Morgan fingerprint density at radius 1 is 1.16 bits per heavy atom. The Morgan fingerprint density at radius 2 is 1.94 bits per heavy atom. The Balaban J connectivity index is 1.49. The zero-order chi connectivity index (χ0) is 22.2. The lowest BCUT2D eigenvalue weighted by atomic mass is 9.94. The van der Waals surface area contributed by atoms with E-state index in [9.17, 15) is 5.11 Å². The number of rotatable bonds is 11. The van der Waals surface area contributed by atoms with E-state index in [4.69, 9.17) is 9.47 Å². The van der Waals surface area contributed by atoms with Gasteiger partial charge in [0.2, 0.25) is 0 Å². The summed E-state index contributed by atoms with van der Waals surface area (Å²) in [6.45, 7) is 4.53. The largest absolute Gasteiger partial charge is 0.493 e. The number of benzene rings is 1. The molecule has 7 heteroatoms. The first kappa shape index (κ1) is 24.0. The van der Waals surface area contributed by atoms with Gasteiger partial charge in [0.25, 0.3) is 0 Å². The van der Waals surface area contributed by atoms with E-state index in [1.165, 1.54) is 32.1 Å². The zero-order valence-corrected chi connectivity index (χ0v) is 20.2. The van der Waals surface area contributed by atoms with Gasteiger partial charge in [0, 0.05) is 30.2 Å². The fourth-order valence-corrected chi connectivity index (χ4v) is 5.10. The molecule has 31 heavy (non-hydrogen) atoms. The van der Waals surface area contributed by atoms with E-state index < -0.39 is 6.10 Å². The lowest BCUT2D eigenvalue weighted by molar-refractivity contribution is 0.0553. The standard InChI is InChI=1S/C24H37N3O3S/c1-18-17-31-24(25-18)15-26(2)13-19-10-11-22(23(12-19)29-4)30-16-21(28)14-27(3)20-8-6-5-7-9-20/h10-12,17,20-21,28H,5-9,13-16H2,1-4H3/t21-/m0/s1. The molecule has 0 saturated heterocycles. The lowest BCUT2D eigenvalue weighted by Crippen LogP contribution is -2.40. The van der Waals surface area contributed by atoms with Gasteiger partial charge in [-0.3, -0.25) is 4.90 Å². The SMILES string of the molecule is COc1cc(CN(C)Cc2nc(C)cs2)ccc1OC[C@@H](O)CN(C)C1CCCCC1. The Labute approximate surface area is 190 Å². The number of aliphatic hydroxyl groups is 1. The third-order valence-electron chi connectivity index (χ3n) is 5.88. The number of nitrogens with zero attached hydrogens (tertiary/aromatic N) is 3. The Morgan fingerprint density at radius 3 is 2.61 bits per heavy atom. The summed E-state index contributed by atoms with van der Waals surface area (Å²) in [5, 5.41) is 13.7. The summed E-state index contributed by atoms with van der Waals surface area (Å²) < 4.78 is 11.5. The van der Waals surface area contributed by atoms with Gasteiger partial charge in [-0.25, -0.2) is 4.98 Å².